The molecular formula is C35H40N4O3. The molecular weight excluding hydrogens is 524 g/mol. The van der Waals surface area contributed by atoms with Gasteiger partial charge in [0.15, 0.2) is 0 Å². The summed E-state index contributed by atoms with van der Waals surface area (Å²) in [6, 6.07) is 0. The fraction of sp³-hybridized carbons (Fsp3) is 0.429. The number of aliphatic hydroxyl groups is 1. The quantitative estimate of drug-likeness (QED) is 0.283. The van der Waals surface area contributed by atoms with Gasteiger partial charge in [0.2, 0.25) is 0 Å². The summed E-state index contributed by atoms with van der Waals surface area (Å²) in [5.74, 6) is -0.246. The number of aromatic nitrogens is 1. The predicted molar refractivity (Wildman–Crippen MR) is 170 cm³/mol. The number of nitrogens with one attached hydrogen (secondary N) is 1. The Hall–Kier alpha value is -4.00. The summed E-state index contributed by atoms with van der Waals surface area (Å²) in [6.07, 6.45) is 9.96. The van der Waals surface area contributed by atoms with Gasteiger partial charge in [-0.15, -0.1) is 0 Å². The predicted octanol–water partition coefficient (Wildman–Crippen LogP) is 7.68. The maximum absolute atomic E-state index is 12.2. The molecule has 42 heavy (non-hydrogen) atoms. The zero-order valence-corrected chi connectivity index (χ0v) is 25.7. The van der Waals surface area contributed by atoms with Gasteiger partial charge in [0.25, 0.3) is 0 Å². The summed E-state index contributed by atoms with van der Waals surface area (Å²) in [6.45, 7) is 12.9. The van der Waals surface area contributed by atoms with Crippen LogP contribution in [0.1, 0.15) is 89.2 Å². The van der Waals surface area contributed by atoms with E-state index in [9.17, 15) is 9.90 Å². The first-order valence-corrected chi connectivity index (χ1v) is 15.2. The smallest absolute Gasteiger partial charge is 0.305 e. The number of fused-ring (bicyclic) bond motifs is 5. The topological polar surface area (TPSA) is 99.4 Å². The third-order valence-corrected chi connectivity index (χ3v) is 9.82. The van der Waals surface area contributed by atoms with Crippen LogP contribution in [0, 0.1) is 18.8 Å². The van der Waals surface area contributed by atoms with Crippen molar-refractivity contribution in [3.05, 3.63) is 79.3 Å². The summed E-state index contributed by atoms with van der Waals surface area (Å²) < 4.78 is 5.00. The van der Waals surface area contributed by atoms with Gasteiger partial charge in [-0.1, -0.05) is 20.8 Å². The molecule has 8 bridgehead atoms. The Kier molecular flexibility index (Phi) is 7.16. The number of esters is 1. The number of carbonyl (C=O) groups excluding carboxylic acids is 1. The fourth-order valence-electron chi connectivity index (χ4n) is 7.38. The Morgan fingerprint density at radius 3 is 2.40 bits per heavy atom. The Morgan fingerprint density at radius 2 is 1.71 bits per heavy atom. The fourth-order valence-corrected chi connectivity index (χ4v) is 7.38. The molecule has 1 aromatic rings. The summed E-state index contributed by atoms with van der Waals surface area (Å²) >= 11 is 0. The number of hydrogen-bond donors (Lipinski definition) is 2. The van der Waals surface area contributed by atoms with Crippen molar-refractivity contribution in [3.8, 4) is 0 Å². The van der Waals surface area contributed by atoms with Crippen LogP contribution in [0.3, 0.4) is 0 Å². The highest BCUT2D eigenvalue weighted by atomic mass is 16.5. The van der Waals surface area contributed by atoms with E-state index in [4.69, 9.17) is 19.7 Å². The molecule has 1 aliphatic carbocycles. The second kappa shape index (κ2) is 10.7. The average Bonchev–Trinajstić information content (AvgIpc) is 3.75. The molecule has 1 aromatic heterocycles. The van der Waals surface area contributed by atoms with Gasteiger partial charge in [-0.3, -0.25) is 9.79 Å². The third kappa shape index (κ3) is 4.24. The average molecular weight is 565 g/mol. The second-order valence-electron chi connectivity index (χ2n) is 11.9. The molecule has 0 radical (unpaired) electrons. The van der Waals surface area contributed by atoms with E-state index in [-0.39, 0.29) is 17.8 Å². The van der Waals surface area contributed by atoms with Crippen LogP contribution in [-0.4, -0.2) is 40.3 Å². The first kappa shape index (κ1) is 28.1. The Bertz CT molecular complexity index is 1700. The zero-order chi connectivity index (χ0) is 29.9. The van der Waals surface area contributed by atoms with Crippen LogP contribution in [0.4, 0.5) is 0 Å². The van der Waals surface area contributed by atoms with E-state index < -0.39 is 0 Å². The molecule has 0 aromatic carbocycles. The first-order valence-electron chi connectivity index (χ1n) is 15.2. The van der Waals surface area contributed by atoms with Gasteiger partial charge in [0, 0.05) is 40.9 Å². The minimum Gasteiger partial charge on any atom is -0.515 e. The lowest BCUT2D eigenvalue weighted by Gasteiger charge is -2.19. The van der Waals surface area contributed by atoms with Gasteiger partial charge >= 0.3 is 5.97 Å². The Balaban J connectivity index is 1.63. The number of aromatic amines is 1. The van der Waals surface area contributed by atoms with Gasteiger partial charge in [0.05, 0.1) is 47.5 Å². The SMILES string of the molecule is CCC1=C(C)C2=NC1=Cc1[nH]c(c(CC)c1C)C=C1N=C3C(=C1C)CCC3=C1N=C(C2=CO)[C@@H](C)[C@@H]1CCC(=O)OC. The highest BCUT2D eigenvalue weighted by molar-refractivity contribution is 6.32. The van der Waals surface area contributed by atoms with E-state index in [1.165, 1.54) is 35.6 Å². The van der Waals surface area contributed by atoms with Crippen molar-refractivity contribution < 1.29 is 14.6 Å². The molecule has 7 heteroatoms. The van der Waals surface area contributed by atoms with Gasteiger partial charge in [-0.05, 0) is 98.4 Å². The number of rotatable bonds is 5. The standard InChI is InChI=1S/C35H40N4O3/c1-8-21-17(3)27-14-30-22(9-2)19(5)32(38-30)26(16-40)33-20(6)24(12-13-31(41)42-7)35(39-33)25-11-10-23-18(4)28(37-34(23)25)15-29(21)36-27/h14-16,20,24,36,40H,8-13H2,1-7H3/t20-,24-/m0/s1. The van der Waals surface area contributed by atoms with E-state index in [1.54, 1.807) is 0 Å². The summed E-state index contributed by atoms with van der Waals surface area (Å²) in [7, 11) is 1.43. The molecule has 1 saturated carbocycles. The number of allylic oxidation sites excluding steroid dienone is 7. The van der Waals surface area contributed by atoms with Crippen LogP contribution in [0.2, 0.25) is 0 Å². The second-order valence-corrected chi connectivity index (χ2v) is 11.9. The summed E-state index contributed by atoms with van der Waals surface area (Å²) in [4.78, 5) is 31.6. The molecule has 6 rings (SSSR count). The van der Waals surface area contributed by atoms with Crippen molar-refractivity contribution in [1.82, 2.24) is 4.98 Å². The molecule has 0 saturated heterocycles. The van der Waals surface area contributed by atoms with Gasteiger partial charge in [0.1, 0.15) is 0 Å². The highest BCUT2D eigenvalue weighted by Gasteiger charge is 2.41. The van der Waals surface area contributed by atoms with E-state index in [0.29, 0.717) is 18.4 Å². The lowest BCUT2D eigenvalue weighted by molar-refractivity contribution is -0.140. The first-order chi connectivity index (χ1) is 20.2. The minimum atomic E-state index is -0.226. The van der Waals surface area contributed by atoms with Crippen molar-refractivity contribution in [2.75, 3.05) is 7.11 Å². The van der Waals surface area contributed by atoms with Crippen LogP contribution in [0.15, 0.2) is 71.8 Å². The van der Waals surface area contributed by atoms with Gasteiger partial charge in [-0.2, -0.15) is 0 Å². The lowest BCUT2D eigenvalue weighted by atomic mass is 9.82. The number of aliphatic imine (C=N–C) groups is 3. The number of methoxy groups -OCH3 is 1. The van der Waals surface area contributed by atoms with E-state index >= 15 is 0 Å². The van der Waals surface area contributed by atoms with Crippen LogP contribution >= 0.6 is 0 Å². The lowest BCUT2D eigenvalue weighted by Crippen LogP contribution is -2.22. The van der Waals surface area contributed by atoms with Crippen molar-refractivity contribution in [3.63, 3.8) is 0 Å². The molecule has 2 N–H and O–H groups in total. The number of H-pyrrole nitrogens is 1. The molecule has 0 spiro atoms. The van der Waals surface area contributed by atoms with Gasteiger partial charge < -0.3 is 14.8 Å². The molecule has 2 atom stereocenters. The minimum absolute atomic E-state index is 0.00181. The monoisotopic (exact) mass is 564 g/mol. The van der Waals surface area contributed by atoms with Crippen LogP contribution in [-0.2, 0) is 16.0 Å². The number of hydrogen-bond acceptors (Lipinski definition) is 6. The van der Waals surface area contributed by atoms with Crippen molar-refractivity contribution in [2.45, 2.75) is 80.1 Å². The molecule has 5 aliphatic rings. The molecule has 5 heterocycles. The van der Waals surface area contributed by atoms with Crippen molar-refractivity contribution in [2.24, 2.45) is 26.8 Å². The summed E-state index contributed by atoms with van der Waals surface area (Å²) in [5, 5.41) is 10.7. The molecule has 0 unspecified atom stereocenters. The molecule has 0 amide bonds. The largest absolute Gasteiger partial charge is 0.515 e. The molecule has 1 fully saturated rings. The normalized spacial score (nSPS) is 24.0. The molecule has 4 aliphatic heterocycles. The van der Waals surface area contributed by atoms with E-state index in [2.05, 4.69) is 58.7 Å². The molecule has 7 nitrogen and oxygen atoms in total. The Morgan fingerprint density at radius 1 is 1.00 bits per heavy atom. The highest BCUT2D eigenvalue weighted by Crippen LogP contribution is 2.47. The number of carbonyl (C=O) groups is 1. The van der Waals surface area contributed by atoms with Crippen LogP contribution < -0.4 is 0 Å². The van der Waals surface area contributed by atoms with E-state index in [1.807, 2.05) is 0 Å². The van der Waals surface area contributed by atoms with Gasteiger partial charge in [-0.25, -0.2) is 9.98 Å². The summed E-state index contributed by atoms with van der Waals surface area (Å²) in [5.41, 5.74) is 16.7. The number of ether oxygens (including phenoxy) is 1. The Labute approximate surface area is 248 Å². The number of nitrogens with zero attached hydrogens (tertiary/aromatic N) is 3. The zero-order valence-electron chi connectivity index (χ0n) is 25.7. The van der Waals surface area contributed by atoms with Crippen LogP contribution in [0.5, 0.6) is 0 Å². The third-order valence-electron chi connectivity index (χ3n) is 9.82. The van der Waals surface area contributed by atoms with Crippen molar-refractivity contribution in [1.29, 1.82) is 0 Å². The maximum Gasteiger partial charge on any atom is 0.305 e. The van der Waals surface area contributed by atoms with E-state index in [0.717, 1.165) is 88.0 Å². The van der Waals surface area contributed by atoms with Crippen LogP contribution in [0.25, 0.3) is 12.2 Å². The maximum atomic E-state index is 12.2. The number of aliphatic hydroxyl groups excluding tert-OH is 1. The molecule has 218 valence electrons. The van der Waals surface area contributed by atoms with Crippen molar-refractivity contribution >= 4 is 35.3 Å².